The van der Waals surface area contributed by atoms with Crippen LogP contribution in [0.2, 0.25) is 0 Å². The summed E-state index contributed by atoms with van der Waals surface area (Å²) in [5.41, 5.74) is 16.2. The first kappa shape index (κ1) is 40.8. The Morgan fingerprint density at radius 1 is 0.415 bits per heavy atom. The number of benzene rings is 8. The highest BCUT2D eigenvalue weighted by Crippen LogP contribution is 2.40. The van der Waals surface area contributed by atoms with Crippen molar-refractivity contribution in [2.45, 2.75) is 13.8 Å². The highest BCUT2D eigenvalue weighted by molar-refractivity contribution is 6.13. The van der Waals surface area contributed by atoms with Crippen molar-refractivity contribution in [3.8, 4) is 45.4 Å². The van der Waals surface area contributed by atoms with Gasteiger partial charge < -0.3 is 27.9 Å². The van der Waals surface area contributed by atoms with Crippen molar-refractivity contribution in [3.05, 3.63) is 206 Å². The van der Waals surface area contributed by atoms with E-state index in [4.69, 9.17) is 14.2 Å². The summed E-state index contributed by atoms with van der Waals surface area (Å²) in [6.45, 7) is 10.4. The maximum Gasteiger partial charge on any atom is 0.119 e. The van der Waals surface area contributed by atoms with Crippen LogP contribution in [0.3, 0.4) is 0 Å². The van der Waals surface area contributed by atoms with Crippen LogP contribution in [0.4, 0.5) is 0 Å². The summed E-state index contributed by atoms with van der Waals surface area (Å²) in [4.78, 5) is 0. The molecule has 0 spiro atoms. The minimum absolute atomic E-state index is 0.831. The molecule has 65 heavy (non-hydrogen) atoms. The van der Waals surface area contributed by atoms with Gasteiger partial charge in [-0.1, -0.05) is 54.6 Å². The van der Waals surface area contributed by atoms with Gasteiger partial charge in [0.25, 0.3) is 0 Å². The van der Waals surface area contributed by atoms with E-state index < -0.39 is 0 Å². The summed E-state index contributed by atoms with van der Waals surface area (Å²) in [6, 6.07) is 63.0. The van der Waals surface area contributed by atoms with E-state index in [9.17, 15) is 0 Å². The van der Waals surface area contributed by atoms with E-state index in [0.717, 1.165) is 50.9 Å². The van der Waals surface area contributed by atoms with E-state index in [1.807, 2.05) is 36.4 Å². The second-order valence-corrected chi connectivity index (χ2v) is 16.2. The van der Waals surface area contributed by atoms with E-state index in [-0.39, 0.29) is 0 Å². The molecule has 0 amide bonds. The summed E-state index contributed by atoms with van der Waals surface area (Å²) in [7, 11) is 5.12. The maximum absolute atomic E-state index is 5.55. The standard InChI is InChI=1S/C57H45N3O3.C2H4/c1-36(32-49-37(2)58(53-12-8-6-10-47(49)53)41-17-23-44(61-3)24-18-41)38-14-29-56-51(33-38)52-35-40(16-31-57(52)60(56)43-21-27-46(63-5)28-22-43)39-15-30-55-50(34-39)48-11-7-9-13-54(48)59(55)42-19-25-45(62-4)26-20-42;1-2/h6-35H,1-5H3;1-2H2/b36-32+;. The van der Waals surface area contributed by atoms with Gasteiger partial charge in [-0.25, -0.2) is 0 Å². The van der Waals surface area contributed by atoms with Gasteiger partial charge in [0.2, 0.25) is 0 Å². The van der Waals surface area contributed by atoms with Crippen molar-refractivity contribution in [2.75, 3.05) is 21.3 Å². The minimum Gasteiger partial charge on any atom is -0.497 e. The number of rotatable bonds is 9. The predicted octanol–water partition coefficient (Wildman–Crippen LogP) is 15.2. The quantitative estimate of drug-likeness (QED) is 0.136. The third-order valence-electron chi connectivity index (χ3n) is 12.7. The van der Waals surface area contributed by atoms with Crippen LogP contribution in [0.5, 0.6) is 17.2 Å². The molecular formula is C59H49N3O3. The molecule has 0 bridgehead atoms. The third-order valence-corrected chi connectivity index (χ3v) is 12.7. The molecule has 0 fully saturated rings. The molecule has 3 heterocycles. The number of para-hydroxylation sites is 2. The van der Waals surface area contributed by atoms with Crippen LogP contribution < -0.4 is 14.2 Å². The van der Waals surface area contributed by atoms with Crippen molar-refractivity contribution in [3.63, 3.8) is 0 Å². The largest absolute Gasteiger partial charge is 0.497 e. The van der Waals surface area contributed by atoms with Crippen LogP contribution in [-0.2, 0) is 0 Å². The molecule has 6 heteroatoms. The first-order valence-corrected chi connectivity index (χ1v) is 21.8. The highest BCUT2D eigenvalue weighted by atomic mass is 16.5. The Kier molecular flexibility index (Phi) is 10.6. The fraction of sp³-hybridized carbons (Fsp3) is 0.0847. The van der Waals surface area contributed by atoms with Crippen LogP contribution in [-0.4, -0.2) is 35.0 Å². The number of allylic oxidation sites excluding steroid dienone is 1. The average Bonchev–Trinajstić information content (AvgIpc) is 3.98. The van der Waals surface area contributed by atoms with Crippen LogP contribution in [0.15, 0.2) is 189 Å². The van der Waals surface area contributed by atoms with Crippen molar-refractivity contribution in [1.82, 2.24) is 13.7 Å². The van der Waals surface area contributed by atoms with Gasteiger partial charge in [-0.3, -0.25) is 0 Å². The molecule has 0 saturated carbocycles. The lowest BCUT2D eigenvalue weighted by atomic mass is 9.98. The van der Waals surface area contributed by atoms with Crippen LogP contribution in [0.25, 0.3) is 94.4 Å². The topological polar surface area (TPSA) is 42.5 Å². The molecule has 0 saturated heterocycles. The molecule has 3 aromatic heterocycles. The number of aromatic nitrogens is 3. The Bertz CT molecular complexity index is 3590. The van der Waals surface area contributed by atoms with Crippen LogP contribution in [0.1, 0.15) is 23.7 Å². The zero-order valence-corrected chi connectivity index (χ0v) is 37.3. The van der Waals surface area contributed by atoms with E-state index >= 15 is 0 Å². The van der Waals surface area contributed by atoms with Crippen LogP contribution >= 0.6 is 0 Å². The van der Waals surface area contributed by atoms with E-state index in [0.29, 0.717) is 0 Å². The molecule has 0 aliphatic rings. The molecule has 6 nitrogen and oxygen atoms in total. The molecule has 0 radical (unpaired) electrons. The first-order chi connectivity index (χ1) is 31.9. The highest BCUT2D eigenvalue weighted by Gasteiger charge is 2.19. The van der Waals surface area contributed by atoms with Gasteiger partial charge in [-0.15, -0.1) is 13.2 Å². The third kappa shape index (κ3) is 6.91. The molecule has 0 N–H and O–H groups in total. The Balaban J connectivity index is 0.00000246. The van der Waals surface area contributed by atoms with E-state index in [2.05, 4.69) is 186 Å². The Morgan fingerprint density at radius 2 is 0.800 bits per heavy atom. The Hall–Kier alpha value is -8.22. The van der Waals surface area contributed by atoms with Gasteiger partial charge >= 0.3 is 0 Å². The van der Waals surface area contributed by atoms with Gasteiger partial charge in [0.1, 0.15) is 17.2 Å². The number of ether oxygens (including phenoxy) is 3. The van der Waals surface area contributed by atoms with Gasteiger partial charge in [0, 0.05) is 55.3 Å². The SMILES string of the molecule is C=C.COc1ccc(-n2c(C)c(/C=C(\C)c3ccc4c(c3)c3cc(-c5ccc6c(c5)c5ccccc5n6-c5ccc(OC)cc5)ccc3n4-c3ccc(OC)cc3)c3ccccc32)cc1. The van der Waals surface area contributed by atoms with Crippen molar-refractivity contribution in [1.29, 1.82) is 0 Å². The average molecular weight is 848 g/mol. The summed E-state index contributed by atoms with van der Waals surface area (Å²) in [5, 5.41) is 6.04. The van der Waals surface area contributed by atoms with Crippen LogP contribution in [0, 0.1) is 6.92 Å². The van der Waals surface area contributed by atoms with Gasteiger partial charge in [-0.2, -0.15) is 0 Å². The number of hydrogen-bond acceptors (Lipinski definition) is 3. The second-order valence-electron chi connectivity index (χ2n) is 16.2. The molecule has 0 unspecified atom stereocenters. The van der Waals surface area contributed by atoms with Crippen molar-refractivity contribution < 1.29 is 14.2 Å². The molecule has 0 aliphatic carbocycles. The van der Waals surface area contributed by atoms with Gasteiger partial charge in [0.05, 0.1) is 48.9 Å². The number of methoxy groups -OCH3 is 3. The van der Waals surface area contributed by atoms with Crippen molar-refractivity contribution >= 4 is 66.2 Å². The summed E-state index contributed by atoms with van der Waals surface area (Å²) in [5.74, 6) is 2.51. The number of hydrogen-bond donors (Lipinski definition) is 0. The predicted molar refractivity (Wildman–Crippen MR) is 273 cm³/mol. The Morgan fingerprint density at radius 3 is 1.29 bits per heavy atom. The fourth-order valence-electron chi connectivity index (χ4n) is 9.56. The molecule has 8 aromatic carbocycles. The van der Waals surface area contributed by atoms with E-state index in [1.165, 1.54) is 71.5 Å². The monoisotopic (exact) mass is 847 g/mol. The summed E-state index contributed by atoms with van der Waals surface area (Å²) in [6.07, 6.45) is 2.35. The lowest BCUT2D eigenvalue weighted by Crippen LogP contribution is -1.97. The molecule has 0 aliphatic heterocycles. The Labute approximate surface area is 379 Å². The maximum atomic E-state index is 5.55. The zero-order valence-electron chi connectivity index (χ0n) is 37.3. The number of nitrogens with zero attached hydrogens (tertiary/aromatic N) is 3. The zero-order chi connectivity index (χ0) is 44.8. The van der Waals surface area contributed by atoms with Gasteiger partial charge in [0.15, 0.2) is 0 Å². The summed E-state index contributed by atoms with van der Waals surface area (Å²) < 4.78 is 23.6. The first-order valence-electron chi connectivity index (χ1n) is 21.8. The molecule has 0 atom stereocenters. The summed E-state index contributed by atoms with van der Waals surface area (Å²) >= 11 is 0. The fourth-order valence-corrected chi connectivity index (χ4v) is 9.56. The smallest absolute Gasteiger partial charge is 0.119 e. The van der Waals surface area contributed by atoms with Crippen molar-refractivity contribution in [2.24, 2.45) is 0 Å². The second kappa shape index (κ2) is 16.8. The molecule has 11 aromatic rings. The molecule has 318 valence electrons. The minimum atomic E-state index is 0.831. The lowest BCUT2D eigenvalue weighted by molar-refractivity contribution is 0.414. The number of fused-ring (bicyclic) bond motifs is 7. The lowest BCUT2D eigenvalue weighted by Gasteiger charge is -2.10. The molecule has 11 rings (SSSR count). The normalized spacial score (nSPS) is 11.7. The van der Waals surface area contributed by atoms with E-state index in [1.54, 1.807) is 21.3 Å². The van der Waals surface area contributed by atoms with Gasteiger partial charge in [-0.05, 0) is 164 Å². The molecular weight excluding hydrogens is 799 g/mol.